The molecule has 2 saturated heterocycles. The summed E-state index contributed by atoms with van der Waals surface area (Å²) in [6.45, 7) is 5.79. The normalized spacial score (nSPS) is 16.3. The quantitative estimate of drug-likeness (QED) is 0.275. The molecule has 40 heavy (non-hydrogen) atoms. The lowest BCUT2D eigenvalue weighted by molar-refractivity contribution is 0.122. The molecule has 204 valence electrons. The number of morpholine rings is 1. The lowest BCUT2D eigenvalue weighted by Crippen LogP contribution is -2.36. The molecule has 0 radical (unpaired) electrons. The molecule has 2 N–H and O–H groups in total. The van der Waals surface area contributed by atoms with Gasteiger partial charge in [-0.05, 0) is 60.9 Å². The summed E-state index contributed by atoms with van der Waals surface area (Å²) in [5.74, 6) is 1.57. The second-order valence-electron chi connectivity index (χ2n) is 10.3. The SMILES string of the molecule is O=c1cc(N2CCOCC2)cc(-c2cccc3c2Oc2ccc(NCc4cncc(N5CCCC5)c4)cc2S3)[nH]1. The zero-order valence-electron chi connectivity index (χ0n) is 22.2. The summed E-state index contributed by atoms with van der Waals surface area (Å²) in [5, 5.41) is 3.55. The highest BCUT2D eigenvalue weighted by atomic mass is 32.2. The Morgan fingerprint density at radius 2 is 1.75 bits per heavy atom. The van der Waals surface area contributed by atoms with Crippen LogP contribution in [-0.4, -0.2) is 49.4 Å². The third-order valence-electron chi connectivity index (χ3n) is 7.60. The molecule has 9 heteroatoms. The fraction of sp³-hybridized carbons (Fsp3) is 0.290. The Morgan fingerprint density at radius 3 is 2.62 bits per heavy atom. The van der Waals surface area contributed by atoms with Crippen LogP contribution in [0.3, 0.4) is 0 Å². The summed E-state index contributed by atoms with van der Waals surface area (Å²) < 4.78 is 11.9. The van der Waals surface area contributed by atoms with Crippen molar-refractivity contribution in [2.45, 2.75) is 29.2 Å². The van der Waals surface area contributed by atoms with Crippen LogP contribution in [0.2, 0.25) is 0 Å². The molecule has 4 aromatic rings. The van der Waals surface area contributed by atoms with Gasteiger partial charge in [0.2, 0.25) is 5.56 Å². The van der Waals surface area contributed by atoms with Gasteiger partial charge < -0.3 is 29.6 Å². The summed E-state index contributed by atoms with van der Waals surface area (Å²) >= 11 is 1.68. The van der Waals surface area contributed by atoms with Crippen LogP contribution < -0.4 is 25.4 Å². The molecule has 8 nitrogen and oxygen atoms in total. The minimum absolute atomic E-state index is 0.127. The first-order valence-corrected chi connectivity index (χ1v) is 14.6. The van der Waals surface area contributed by atoms with Gasteiger partial charge in [-0.25, -0.2) is 0 Å². The van der Waals surface area contributed by atoms with Crippen molar-refractivity contribution >= 4 is 28.8 Å². The van der Waals surface area contributed by atoms with Crippen LogP contribution in [0.5, 0.6) is 11.5 Å². The van der Waals surface area contributed by atoms with Crippen LogP contribution in [0.1, 0.15) is 18.4 Å². The maximum Gasteiger partial charge on any atom is 0.250 e. The first kappa shape index (κ1) is 25.0. The van der Waals surface area contributed by atoms with Crippen molar-refractivity contribution in [3.63, 3.8) is 0 Å². The Morgan fingerprint density at radius 1 is 0.900 bits per heavy atom. The van der Waals surface area contributed by atoms with Gasteiger partial charge in [-0.1, -0.05) is 17.8 Å². The van der Waals surface area contributed by atoms with Gasteiger partial charge in [0, 0.05) is 61.9 Å². The number of hydrogen-bond acceptors (Lipinski definition) is 8. The van der Waals surface area contributed by atoms with E-state index in [1.54, 1.807) is 17.8 Å². The van der Waals surface area contributed by atoms with E-state index in [9.17, 15) is 4.79 Å². The predicted molar refractivity (Wildman–Crippen MR) is 159 cm³/mol. The number of para-hydroxylation sites is 1. The predicted octanol–water partition coefficient (Wildman–Crippen LogP) is 5.74. The molecule has 0 amide bonds. The number of pyridine rings is 2. The van der Waals surface area contributed by atoms with Gasteiger partial charge in [0.25, 0.3) is 0 Å². The Bertz CT molecular complexity index is 1590. The molecule has 0 unspecified atom stereocenters. The van der Waals surface area contributed by atoms with E-state index >= 15 is 0 Å². The molecule has 2 aromatic carbocycles. The standard InChI is InChI=1S/C31H31N5O3S/c37-30-17-23(36-10-12-38-13-11-36)16-26(34-30)25-4-3-5-28-31(25)39-27-7-6-22(15-29(27)40-28)33-19-21-14-24(20-32-18-21)35-8-1-2-9-35/h3-7,14-18,20,33H,1-2,8-13,19H2,(H,34,37). The smallest absolute Gasteiger partial charge is 0.250 e. The van der Waals surface area contributed by atoms with Crippen molar-refractivity contribution in [3.8, 4) is 22.8 Å². The number of fused-ring (bicyclic) bond motifs is 2. The molecule has 7 rings (SSSR count). The maximum absolute atomic E-state index is 12.6. The highest BCUT2D eigenvalue weighted by molar-refractivity contribution is 7.99. The van der Waals surface area contributed by atoms with Gasteiger partial charge in [-0.2, -0.15) is 0 Å². The number of aromatic amines is 1. The average Bonchev–Trinajstić information content (AvgIpc) is 3.54. The molecule has 5 heterocycles. The minimum Gasteiger partial charge on any atom is -0.454 e. The van der Waals surface area contributed by atoms with Crippen LogP contribution >= 0.6 is 11.8 Å². The molecule has 0 bridgehead atoms. The molecular weight excluding hydrogens is 522 g/mol. The van der Waals surface area contributed by atoms with Crippen LogP contribution in [0.25, 0.3) is 11.3 Å². The van der Waals surface area contributed by atoms with Gasteiger partial charge in [-0.15, -0.1) is 0 Å². The van der Waals surface area contributed by atoms with E-state index in [-0.39, 0.29) is 5.56 Å². The highest BCUT2D eigenvalue weighted by Crippen LogP contribution is 2.51. The van der Waals surface area contributed by atoms with Gasteiger partial charge in [0.15, 0.2) is 5.75 Å². The number of benzene rings is 2. The van der Waals surface area contributed by atoms with Crippen LogP contribution in [0, 0.1) is 0 Å². The average molecular weight is 554 g/mol. The van der Waals surface area contributed by atoms with Gasteiger partial charge in [0.05, 0.1) is 40.6 Å². The highest BCUT2D eigenvalue weighted by Gasteiger charge is 2.23. The van der Waals surface area contributed by atoms with E-state index in [1.165, 1.54) is 18.5 Å². The van der Waals surface area contributed by atoms with Crippen molar-refractivity contribution in [1.29, 1.82) is 0 Å². The van der Waals surface area contributed by atoms with Gasteiger partial charge >= 0.3 is 0 Å². The molecule has 0 aliphatic carbocycles. The van der Waals surface area contributed by atoms with Crippen molar-refractivity contribution in [3.05, 3.63) is 82.9 Å². The number of hydrogen-bond donors (Lipinski definition) is 2. The van der Waals surface area contributed by atoms with Crippen molar-refractivity contribution < 1.29 is 9.47 Å². The third-order valence-corrected chi connectivity index (χ3v) is 8.68. The number of nitrogens with zero attached hydrogens (tertiary/aromatic N) is 3. The van der Waals surface area contributed by atoms with E-state index in [0.29, 0.717) is 19.8 Å². The Kier molecular flexibility index (Phi) is 6.83. The summed E-state index contributed by atoms with van der Waals surface area (Å²) in [6, 6.07) is 18.2. The first-order valence-electron chi connectivity index (χ1n) is 13.8. The Balaban J connectivity index is 1.10. The second-order valence-corrected chi connectivity index (χ2v) is 11.4. The van der Waals surface area contributed by atoms with Crippen molar-refractivity contribution in [1.82, 2.24) is 9.97 Å². The molecule has 0 saturated carbocycles. The molecule has 2 aromatic heterocycles. The van der Waals surface area contributed by atoms with E-state index in [1.807, 2.05) is 42.7 Å². The Hall–Kier alpha value is -3.95. The number of anilines is 3. The number of rotatable bonds is 6. The maximum atomic E-state index is 12.6. The topological polar surface area (TPSA) is 82.7 Å². The minimum atomic E-state index is -0.127. The summed E-state index contributed by atoms with van der Waals surface area (Å²) in [5.41, 5.74) is 5.79. The Labute approximate surface area is 237 Å². The van der Waals surface area contributed by atoms with Gasteiger partial charge in [0.1, 0.15) is 5.75 Å². The number of aromatic nitrogens is 2. The van der Waals surface area contributed by atoms with E-state index in [2.05, 4.69) is 43.3 Å². The fourth-order valence-corrected chi connectivity index (χ4v) is 6.55. The monoisotopic (exact) mass is 553 g/mol. The lowest BCUT2D eigenvalue weighted by atomic mass is 10.1. The zero-order chi connectivity index (χ0) is 26.9. The van der Waals surface area contributed by atoms with Gasteiger partial charge in [-0.3, -0.25) is 9.78 Å². The second kappa shape index (κ2) is 10.9. The van der Waals surface area contributed by atoms with Crippen molar-refractivity contribution in [2.75, 3.05) is 54.5 Å². The fourth-order valence-electron chi connectivity index (χ4n) is 5.52. The molecular formula is C31H31N5O3S. The van der Waals surface area contributed by atoms with Crippen molar-refractivity contribution in [2.24, 2.45) is 0 Å². The number of nitrogens with one attached hydrogen (secondary N) is 2. The largest absolute Gasteiger partial charge is 0.454 e. The molecule has 0 spiro atoms. The first-order chi connectivity index (χ1) is 19.7. The van der Waals surface area contributed by atoms with Crippen LogP contribution in [-0.2, 0) is 11.3 Å². The number of H-pyrrole nitrogens is 1. The van der Waals surface area contributed by atoms with E-state index in [0.717, 1.165) is 75.7 Å². The summed E-state index contributed by atoms with van der Waals surface area (Å²) in [7, 11) is 0. The third kappa shape index (κ3) is 5.14. The molecule has 3 aliphatic rings. The molecule has 2 fully saturated rings. The van der Waals surface area contributed by atoms with E-state index in [4.69, 9.17) is 9.47 Å². The summed E-state index contributed by atoms with van der Waals surface area (Å²) in [6.07, 6.45) is 6.39. The molecule has 0 atom stereocenters. The zero-order valence-corrected chi connectivity index (χ0v) is 23.0. The van der Waals surface area contributed by atoms with Crippen LogP contribution in [0.4, 0.5) is 17.1 Å². The van der Waals surface area contributed by atoms with E-state index < -0.39 is 0 Å². The lowest BCUT2D eigenvalue weighted by Gasteiger charge is -2.29. The molecule has 3 aliphatic heterocycles. The number of ether oxygens (including phenoxy) is 2. The van der Waals surface area contributed by atoms with Crippen LogP contribution in [0.15, 0.2) is 81.6 Å². The summed E-state index contributed by atoms with van der Waals surface area (Å²) in [4.78, 5) is 26.8.